The van der Waals surface area contributed by atoms with Gasteiger partial charge in [0.15, 0.2) is 0 Å². The average molecular weight is 375 g/mol. The number of amides is 1. The molecule has 0 fully saturated rings. The summed E-state index contributed by atoms with van der Waals surface area (Å²) in [7, 11) is 0. The molecule has 8 heteroatoms. The summed E-state index contributed by atoms with van der Waals surface area (Å²) in [5, 5.41) is 17.6. The molecule has 134 valence electrons. The minimum Gasteiger partial charge on any atom is -0.386 e. The standard InChI is InChI=1S/C18H16ClFN4O2/c19-14-5-1-12(2-6-14)9-21-18(26)17-22-11-24(23-17)10-16(25)13-3-7-15(20)8-4-13/h1-8,11,16,25H,9-10H2,(H,21,26). The summed E-state index contributed by atoms with van der Waals surface area (Å²) in [5.41, 5.74) is 1.45. The molecule has 0 aliphatic rings. The van der Waals surface area contributed by atoms with E-state index in [2.05, 4.69) is 15.4 Å². The SMILES string of the molecule is O=C(NCc1ccc(Cl)cc1)c1ncn(CC(O)c2ccc(F)cc2)n1. The first-order valence-electron chi connectivity index (χ1n) is 7.87. The second-order valence-corrected chi connectivity index (χ2v) is 6.10. The first-order chi connectivity index (χ1) is 12.5. The highest BCUT2D eigenvalue weighted by molar-refractivity contribution is 6.30. The van der Waals surface area contributed by atoms with Crippen molar-refractivity contribution in [2.75, 3.05) is 0 Å². The first kappa shape index (κ1) is 18.0. The third kappa shape index (κ3) is 4.65. The van der Waals surface area contributed by atoms with Crippen LogP contribution in [-0.4, -0.2) is 25.8 Å². The van der Waals surface area contributed by atoms with Gasteiger partial charge in [0.2, 0.25) is 5.82 Å². The molecule has 0 bridgehead atoms. The number of hydrogen-bond donors (Lipinski definition) is 2. The fourth-order valence-corrected chi connectivity index (χ4v) is 2.44. The van der Waals surface area contributed by atoms with Crippen LogP contribution in [0.5, 0.6) is 0 Å². The van der Waals surface area contributed by atoms with Crippen molar-refractivity contribution in [1.82, 2.24) is 20.1 Å². The summed E-state index contributed by atoms with van der Waals surface area (Å²) < 4.78 is 14.3. The largest absolute Gasteiger partial charge is 0.386 e. The number of hydrogen-bond acceptors (Lipinski definition) is 4. The van der Waals surface area contributed by atoms with Crippen LogP contribution >= 0.6 is 11.6 Å². The van der Waals surface area contributed by atoms with Crippen LogP contribution in [0.3, 0.4) is 0 Å². The van der Waals surface area contributed by atoms with E-state index in [4.69, 9.17) is 11.6 Å². The third-order valence-electron chi connectivity index (χ3n) is 3.72. The Bertz CT molecular complexity index is 881. The highest BCUT2D eigenvalue weighted by atomic mass is 35.5. The number of nitrogens with one attached hydrogen (secondary N) is 1. The number of nitrogens with zero attached hydrogens (tertiary/aromatic N) is 3. The third-order valence-corrected chi connectivity index (χ3v) is 3.97. The molecule has 1 atom stereocenters. The smallest absolute Gasteiger partial charge is 0.291 e. The molecule has 6 nitrogen and oxygen atoms in total. The van der Waals surface area contributed by atoms with Gasteiger partial charge in [0.1, 0.15) is 12.1 Å². The van der Waals surface area contributed by atoms with Crippen molar-refractivity contribution in [3.05, 3.63) is 82.6 Å². The van der Waals surface area contributed by atoms with Gasteiger partial charge in [0.05, 0.1) is 12.6 Å². The summed E-state index contributed by atoms with van der Waals surface area (Å²) >= 11 is 5.82. The van der Waals surface area contributed by atoms with Gasteiger partial charge >= 0.3 is 0 Å². The van der Waals surface area contributed by atoms with Crippen molar-refractivity contribution >= 4 is 17.5 Å². The van der Waals surface area contributed by atoms with Crippen LogP contribution in [0.1, 0.15) is 27.8 Å². The van der Waals surface area contributed by atoms with Gasteiger partial charge < -0.3 is 10.4 Å². The molecule has 26 heavy (non-hydrogen) atoms. The number of carbonyl (C=O) groups is 1. The fraction of sp³-hybridized carbons (Fsp3) is 0.167. The quantitative estimate of drug-likeness (QED) is 0.695. The number of benzene rings is 2. The summed E-state index contributed by atoms with van der Waals surface area (Å²) in [6.45, 7) is 0.422. The van der Waals surface area contributed by atoms with Crippen LogP contribution in [0.2, 0.25) is 5.02 Å². The number of aliphatic hydroxyl groups is 1. The monoisotopic (exact) mass is 374 g/mol. The molecule has 2 N–H and O–H groups in total. The molecular weight excluding hydrogens is 359 g/mol. The highest BCUT2D eigenvalue weighted by Crippen LogP contribution is 2.15. The maximum absolute atomic E-state index is 12.9. The van der Waals surface area contributed by atoms with E-state index >= 15 is 0 Å². The molecule has 0 spiro atoms. The van der Waals surface area contributed by atoms with Gasteiger partial charge in [-0.3, -0.25) is 4.79 Å². The van der Waals surface area contributed by atoms with Crippen molar-refractivity contribution in [2.24, 2.45) is 0 Å². The fourth-order valence-electron chi connectivity index (χ4n) is 2.32. The number of rotatable bonds is 6. The van der Waals surface area contributed by atoms with Crippen molar-refractivity contribution < 1.29 is 14.3 Å². The minimum absolute atomic E-state index is 0.00488. The summed E-state index contributed by atoms with van der Waals surface area (Å²) in [4.78, 5) is 16.1. The lowest BCUT2D eigenvalue weighted by atomic mass is 10.1. The number of halogens is 2. The van der Waals surface area contributed by atoms with E-state index < -0.39 is 12.0 Å². The Balaban J connectivity index is 1.57. The van der Waals surface area contributed by atoms with E-state index in [0.717, 1.165) is 5.56 Å². The second-order valence-electron chi connectivity index (χ2n) is 5.67. The molecular formula is C18H16ClFN4O2. The Labute approximate surface area is 154 Å². The van der Waals surface area contributed by atoms with Gasteiger partial charge in [-0.1, -0.05) is 35.9 Å². The second kappa shape index (κ2) is 8.07. The van der Waals surface area contributed by atoms with Gasteiger partial charge in [0, 0.05) is 11.6 Å². The molecule has 1 amide bonds. The van der Waals surface area contributed by atoms with Crippen LogP contribution in [0.25, 0.3) is 0 Å². The average Bonchev–Trinajstić information content (AvgIpc) is 3.10. The van der Waals surface area contributed by atoms with E-state index in [-0.39, 0.29) is 18.2 Å². The van der Waals surface area contributed by atoms with E-state index in [1.54, 1.807) is 12.1 Å². The summed E-state index contributed by atoms with van der Waals surface area (Å²) in [6, 6.07) is 12.7. The molecule has 0 saturated carbocycles. The zero-order valence-corrected chi connectivity index (χ0v) is 14.4. The van der Waals surface area contributed by atoms with Gasteiger partial charge in [-0.05, 0) is 35.4 Å². The van der Waals surface area contributed by atoms with Gasteiger partial charge in [0.25, 0.3) is 5.91 Å². The molecule has 0 radical (unpaired) electrons. The minimum atomic E-state index is -0.887. The lowest BCUT2D eigenvalue weighted by molar-refractivity contribution is 0.0938. The van der Waals surface area contributed by atoms with Crippen LogP contribution in [0.15, 0.2) is 54.9 Å². The zero-order chi connectivity index (χ0) is 18.5. The number of carbonyl (C=O) groups excluding carboxylic acids is 1. The lowest BCUT2D eigenvalue weighted by Crippen LogP contribution is -2.24. The molecule has 1 heterocycles. The van der Waals surface area contributed by atoms with E-state index in [1.165, 1.54) is 35.3 Å². The molecule has 2 aromatic carbocycles. The maximum Gasteiger partial charge on any atom is 0.291 e. The summed E-state index contributed by atoms with van der Waals surface area (Å²) in [5.74, 6) is -0.790. The van der Waals surface area contributed by atoms with Crippen molar-refractivity contribution in [1.29, 1.82) is 0 Å². The molecule has 0 saturated heterocycles. The van der Waals surface area contributed by atoms with Gasteiger partial charge in [-0.15, -0.1) is 5.10 Å². The van der Waals surface area contributed by atoms with E-state index in [0.29, 0.717) is 17.1 Å². The highest BCUT2D eigenvalue weighted by Gasteiger charge is 2.14. The Morgan fingerprint density at radius 3 is 2.58 bits per heavy atom. The van der Waals surface area contributed by atoms with E-state index in [9.17, 15) is 14.3 Å². The Hall–Kier alpha value is -2.77. The number of aliphatic hydroxyl groups excluding tert-OH is 1. The lowest BCUT2D eigenvalue weighted by Gasteiger charge is -2.10. The van der Waals surface area contributed by atoms with Crippen LogP contribution < -0.4 is 5.32 Å². The number of aromatic nitrogens is 3. The molecule has 3 aromatic rings. The Morgan fingerprint density at radius 2 is 1.88 bits per heavy atom. The van der Waals surface area contributed by atoms with Gasteiger partial charge in [-0.25, -0.2) is 14.1 Å². The zero-order valence-electron chi connectivity index (χ0n) is 13.6. The van der Waals surface area contributed by atoms with Crippen molar-refractivity contribution in [3.63, 3.8) is 0 Å². The van der Waals surface area contributed by atoms with E-state index in [1.807, 2.05) is 12.1 Å². The topological polar surface area (TPSA) is 80.0 Å². The molecule has 3 rings (SSSR count). The maximum atomic E-state index is 12.9. The Kier molecular flexibility index (Phi) is 5.60. The van der Waals surface area contributed by atoms with Crippen LogP contribution in [0, 0.1) is 5.82 Å². The van der Waals surface area contributed by atoms with Crippen LogP contribution in [-0.2, 0) is 13.1 Å². The molecule has 1 unspecified atom stereocenters. The van der Waals surface area contributed by atoms with Gasteiger partial charge in [-0.2, -0.15) is 0 Å². The molecule has 0 aliphatic carbocycles. The first-order valence-corrected chi connectivity index (χ1v) is 8.24. The Morgan fingerprint density at radius 1 is 1.19 bits per heavy atom. The van der Waals surface area contributed by atoms with Crippen molar-refractivity contribution in [2.45, 2.75) is 19.2 Å². The molecule has 1 aromatic heterocycles. The summed E-state index contributed by atoms with van der Waals surface area (Å²) in [6.07, 6.45) is 0.478. The molecule has 0 aliphatic heterocycles. The normalized spacial score (nSPS) is 12.0. The predicted molar refractivity (Wildman–Crippen MR) is 94.0 cm³/mol. The van der Waals surface area contributed by atoms with Crippen molar-refractivity contribution in [3.8, 4) is 0 Å². The predicted octanol–water partition coefficient (Wildman–Crippen LogP) is 2.73. The van der Waals surface area contributed by atoms with Crippen LogP contribution in [0.4, 0.5) is 4.39 Å².